The van der Waals surface area contributed by atoms with Crippen LogP contribution in [0.15, 0.2) is 72.8 Å². The molecule has 0 aliphatic carbocycles. The van der Waals surface area contributed by atoms with Gasteiger partial charge in [0, 0.05) is 36.3 Å². The van der Waals surface area contributed by atoms with Crippen molar-refractivity contribution in [1.82, 2.24) is 9.27 Å². The number of fused-ring (bicyclic) bond motifs is 1. The Morgan fingerprint density at radius 2 is 1.66 bits per heavy atom. The highest BCUT2D eigenvalue weighted by atomic mass is 32.1. The van der Waals surface area contributed by atoms with Crippen LogP contribution in [0.4, 0.5) is 5.69 Å². The molecule has 1 N–H and O–H groups in total. The highest BCUT2D eigenvalue weighted by Gasteiger charge is 2.36. The Balaban J connectivity index is 1.21. The molecule has 4 rings (SSSR count). The lowest BCUT2D eigenvalue weighted by molar-refractivity contribution is 0.197. The number of benzene rings is 3. The topological polar surface area (TPSA) is 46.6 Å². The Morgan fingerprint density at radius 3 is 2.37 bits per heavy atom. The van der Waals surface area contributed by atoms with Gasteiger partial charge in [0.1, 0.15) is 5.75 Å². The van der Waals surface area contributed by atoms with Crippen LogP contribution in [0.5, 0.6) is 5.75 Å². The minimum atomic E-state index is -1.67. The summed E-state index contributed by atoms with van der Waals surface area (Å²) < 4.78 is 18.4. The van der Waals surface area contributed by atoms with Gasteiger partial charge in [-0.25, -0.2) is 0 Å². The lowest BCUT2D eigenvalue weighted by Gasteiger charge is -2.36. The highest BCUT2D eigenvalue weighted by Crippen LogP contribution is 2.36. The summed E-state index contributed by atoms with van der Waals surface area (Å²) in [6, 6.07) is 25.3. The van der Waals surface area contributed by atoms with Crippen molar-refractivity contribution >= 4 is 35.6 Å². The van der Waals surface area contributed by atoms with Crippen LogP contribution in [0.1, 0.15) is 46.1 Å². The summed E-state index contributed by atoms with van der Waals surface area (Å²) in [4.78, 5) is 2.49. The van der Waals surface area contributed by atoms with Crippen molar-refractivity contribution in [3.63, 3.8) is 0 Å². The molecule has 0 amide bonds. The van der Waals surface area contributed by atoms with Gasteiger partial charge in [0.2, 0.25) is 0 Å². The third-order valence-electron chi connectivity index (χ3n) is 8.20. The van der Waals surface area contributed by atoms with E-state index in [0.29, 0.717) is 0 Å². The van der Waals surface area contributed by atoms with Crippen LogP contribution >= 0.6 is 11.5 Å². The maximum atomic E-state index is 6.37. The predicted octanol–water partition coefficient (Wildman–Crippen LogP) is 9.08. The number of unbranched alkanes of at least 4 members (excludes halogenated alkanes) is 1. The van der Waals surface area contributed by atoms with Crippen molar-refractivity contribution < 1.29 is 9.16 Å². The molecule has 0 saturated carbocycles. The van der Waals surface area contributed by atoms with Crippen molar-refractivity contribution in [2.75, 3.05) is 38.2 Å². The van der Waals surface area contributed by atoms with Crippen LogP contribution in [0, 0.1) is 0 Å². The van der Waals surface area contributed by atoms with Crippen molar-refractivity contribution in [2.24, 2.45) is 0 Å². The van der Waals surface area contributed by atoms with E-state index in [1.165, 1.54) is 22.5 Å². The maximum absolute atomic E-state index is 6.37. The molecule has 7 heteroatoms. The average molecular weight is 590 g/mol. The van der Waals surface area contributed by atoms with Crippen LogP contribution < -0.4 is 10.1 Å². The minimum Gasteiger partial charge on any atom is -0.494 e. The molecule has 220 valence electrons. The molecule has 0 aliphatic heterocycles. The van der Waals surface area contributed by atoms with E-state index >= 15 is 0 Å². The molecule has 0 unspecified atom stereocenters. The molecule has 0 atom stereocenters. The van der Waals surface area contributed by atoms with E-state index in [1.807, 2.05) is 6.07 Å². The van der Waals surface area contributed by atoms with Crippen LogP contribution in [0.3, 0.4) is 0 Å². The SMILES string of the molecule is CCN(CCCCOc1ccc2c(-c3ccc(NCc4ccccc4)cc3)nsc2c1)CCO[Si](C)(C)C(C)(C)C. The molecule has 0 radical (unpaired) electrons. The van der Waals surface area contributed by atoms with E-state index in [-0.39, 0.29) is 5.04 Å². The fourth-order valence-corrected chi connectivity index (χ4v) is 6.32. The van der Waals surface area contributed by atoms with Gasteiger partial charge in [-0.1, -0.05) is 70.2 Å². The van der Waals surface area contributed by atoms with E-state index in [4.69, 9.17) is 13.5 Å². The number of ether oxygens (including phenoxy) is 1. The monoisotopic (exact) mass is 589 g/mol. The van der Waals surface area contributed by atoms with Gasteiger partial charge in [-0.3, -0.25) is 0 Å². The van der Waals surface area contributed by atoms with Gasteiger partial charge in [-0.05, 0) is 91.5 Å². The van der Waals surface area contributed by atoms with Gasteiger partial charge in [0.15, 0.2) is 8.32 Å². The zero-order valence-electron chi connectivity index (χ0n) is 25.7. The second-order valence-corrected chi connectivity index (χ2v) is 17.8. The molecular weight excluding hydrogens is 543 g/mol. The van der Waals surface area contributed by atoms with Crippen LogP contribution in [0.25, 0.3) is 21.3 Å². The molecule has 0 fully saturated rings. The first-order valence-corrected chi connectivity index (χ1v) is 18.6. The molecule has 1 aromatic heterocycles. The zero-order chi connectivity index (χ0) is 29.3. The Labute approximate surface area is 252 Å². The Morgan fingerprint density at radius 1 is 0.902 bits per heavy atom. The summed E-state index contributed by atoms with van der Waals surface area (Å²) in [5.74, 6) is 0.920. The molecule has 4 aromatic rings. The molecular formula is C34H47N3O2SSi. The Hall–Kier alpha value is -2.71. The average Bonchev–Trinajstić information content (AvgIpc) is 3.38. The zero-order valence-corrected chi connectivity index (χ0v) is 27.5. The molecule has 0 aliphatic rings. The molecule has 0 spiro atoms. The standard InChI is InChI=1S/C34H47N3O2SSi/c1-7-37(22-24-39-41(5,6)34(2,3)4)21-11-12-23-38-30-19-20-31-32(25-30)40-36-33(31)28-15-17-29(18-16-28)35-26-27-13-9-8-10-14-27/h8-10,13-20,25,35H,7,11-12,21-24,26H2,1-6H3. The third-order valence-corrected chi connectivity index (χ3v) is 13.5. The molecule has 3 aromatic carbocycles. The van der Waals surface area contributed by atoms with E-state index in [2.05, 4.69) is 118 Å². The summed E-state index contributed by atoms with van der Waals surface area (Å²) in [5, 5.41) is 4.93. The number of rotatable bonds is 15. The minimum absolute atomic E-state index is 0.261. The number of aromatic nitrogens is 1. The Bertz CT molecular complexity index is 1350. The fraction of sp³-hybridized carbons (Fsp3) is 0.441. The summed E-state index contributed by atoms with van der Waals surface area (Å²) >= 11 is 1.53. The van der Waals surface area contributed by atoms with E-state index in [0.717, 1.165) is 79.6 Å². The second kappa shape index (κ2) is 14.5. The molecule has 5 nitrogen and oxygen atoms in total. The van der Waals surface area contributed by atoms with Gasteiger partial charge >= 0.3 is 0 Å². The van der Waals surface area contributed by atoms with Crippen molar-refractivity contribution in [3.8, 4) is 17.0 Å². The largest absolute Gasteiger partial charge is 0.494 e. The van der Waals surface area contributed by atoms with E-state index < -0.39 is 8.32 Å². The first kappa shape index (κ1) is 31.2. The molecule has 0 bridgehead atoms. The number of anilines is 1. The summed E-state index contributed by atoms with van der Waals surface area (Å²) in [6.45, 7) is 19.3. The lowest BCUT2D eigenvalue weighted by Crippen LogP contribution is -2.42. The Kier molecular flexibility index (Phi) is 11.0. The first-order valence-electron chi connectivity index (χ1n) is 14.9. The van der Waals surface area contributed by atoms with Crippen LogP contribution in [-0.4, -0.2) is 50.4 Å². The van der Waals surface area contributed by atoms with Gasteiger partial charge in [-0.15, -0.1) is 0 Å². The number of hydrogen-bond acceptors (Lipinski definition) is 6. The van der Waals surface area contributed by atoms with Crippen molar-refractivity contribution in [3.05, 3.63) is 78.4 Å². The number of hydrogen-bond donors (Lipinski definition) is 1. The van der Waals surface area contributed by atoms with Crippen LogP contribution in [-0.2, 0) is 11.0 Å². The van der Waals surface area contributed by atoms with Gasteiger partial charge < -0.3 is 19.4 Å². The summed E-state index contributed by atoms with van der Waals surface area (Å²) in [5.41, 5.74) is 4.54. The van der Waals surface area contributed by atoms with Gasteiger partial charge in [-0.2, -0.15) is 4.37 Å². The summed E-state index contributed by atoms with van der Waals surface area (Å²) in [6.07, 6.45) is 2.16. The summed E-state index contributed by atoms with van der Waals surface area (Å²) in [7, 11) is -1.67. The lowest BCUT2D eigenvalue weighted by atomic mass is 10.1. The van der Waals surface area contributed by atoms with E-state index in [9.17, 15) is 0 Å². The molecule has 1 heterocycles. The molecule has 0 saturated heterocycles. The number of nitrogens with zero attached hydrogens (tertiary/aromatic N) is 2. The van der Waals surface area contributed by atoms with Gasteiger partial charge in [0.25, 0.3) is 0 Å². The fourth-order valence-electron chi connectivity index (χ4n) is 4.46. The predicted molar refractivity (Wildman–Crippen MR) is 179 cm³/mol. The smallest absolute Gasteiger partial charge is 0.192 e. The number of likely N-dealkylation sites (N-methyl/N-ethyl adjacent to an activating group) is 1. The second-order valence-electron chi connectivity index (χ2n) is 12.2. The van der Waals surface area contributed by atoms with Crippen molar-refractivity contribution in [2.45, 2.75) is 65.2 Å². The van der Waals surface area contributed by atoms with E-state index in [1.54, 1.807) is 0 Å². The third kappa shape index (κ3) is 8.89. The van der Waals surface area contributed by atoms with Gasteiger partial charge in [0.05, 0.1) is 17.0 Å². The maximum Gasteiger partial charge on any atom is 0.192 e. The number of nitrogens with one attached hydrogen (secondary N) is 1. The van der Waals surface area contributed by atoms with Crippen LogP contribution in [0.2, 0.25) is 18.1 Å². The molecule has 41 heavy (non-hydrogen) atoms. The van der Waals surface area contributed by atoms with Crippen molar-refractivity contribution in [1.29, 1.82) is 0 Å². The first-order chi connectivity index (χ1) is 19.7. The highest BCUT2D eigenvalue weighted by molar-refractivity contribution is 7.13. The normalized spacial score (nSPS) is 12.3. The quantitative estimate of drug-likeness (QED) is 0.111.